The fourth-order valence-electron chi connectivity index (χ4n) is 2.78. The zero-order chi connectivity index (χ0) is 22.2. The van der Waals surface area contributed by atoms with E-state index < -0.39 is 17.5 Å². The minimum Gasteiger partial charge on any atom is -0.493 e. The van der Waals surface area contributed by atoms with Crippen LogP contribution in [0.2, 0.25) is 0 Å². The average molecular weight is 437 g/mol. The number of halogens is 3. The molecular weight excluding hydrogens is 419 g/mol. The normalized spacial score (nSPS) is 10.2. The van der Waals surface area contributed by atoms with Crippen molar-refractivity contribution < 1.29 is 17.9 Å². The third-order valence-electron chi connectivity index (χ3n) is 4.41. The molecule has 3 aromatic carbocycles. The summed E-state index contributed by atoms with van der Waals surface area (Å²) in [6.07, 6.45) is 1.90. The van der Waals surface area contributed by atoms with Crippen molar-refractivity contribution in [1.29, 1.82) is 5.26 Å². The highest BCUT2D eigenvalue weighted by Gasteiger charge is 2.13. The summed E-state index contributed by atoms with van der Waals surface area (Å²) in [6.45, 7) is 2.60. The van der Waals surface area contributed by atoms with Crippen molar-refractivity contribution in [2.45, 2.75) is 24.7 Å². The van der Waals surface area contributed by atoms with E-state index in [1.54, 1.807) is 41.8 Å². The Kier molecular flexibility index (Phi) is 7.65. The Morgan fingerprint density at radius 1 is 0.871 bits per heavy atom. The molecule has 0 radical (unpaired) electrons. The Labute approximate surface area is 183 Å². The third kappa shape index (κ3) is 5.84. The molecule has 31 heavy (non-hydrogen) atoms. The zero-order valence-corrected chi connectivity index (χ0v) is 17.5. The summed E-state index contributed by atoms with van der Waals surface area (Å²) in [7, 11) is 0. The molecule has 0 unspecified atom stereocenters. The molecule has 0 aliphatic rings. The van der Waals surface area contributed by atoms with Crippen LogP contribution in [0.3, 0.4) is 0 Å². The van der Waals surface area contributed by atoms with Gasteiger partial charge in [-0.3, -0.25) is 0 Å². The highest BCUT2D eigenvalue weighted by atomic mass is 32.2. The van der Waals surface area contributed by atoms with Gasteiger partial charge >= 0.3 is 0 Å². The van der Waals surface area contributed by atoms with Crippen LogP contribution in [0.4, 0.5) is 13.2 Å². The van der Waals surface area contributed by atoms with Crippen LogP contribution < -0.4 is 4.74 Å². The zero-order valence-electron chi connectivity index (χ0n) is 16.7. The van der Waals surface area contributed by atoms with E-state index in [1.807, 2.05) is 0 Å². The molecule has 0 atom stereocenters. The lowest BCUT2D eigenvalue weighted by Crippen LogP contribution is -1.97. The number of unbranched alkanes of at least 4 members (excludes halogenated alkanes) is 1. The Hall–Kier alpha value is -3.35. The van der Waals surface area contributed by atoms with Crippen molar-refractivity contribution in [3.63, 3.8) is 0 Å². The van der Waals surface area contributed by atoms with Crippen molar-refractivity contribution >= 4 is 11.8 Å². The second kappa shape index (κ2) is 10.6. The highest BCUT2D eigenvalue weighted by Crippen LogP contribution is 2.30. The molecule has 0 bridgehead atoms. The lowest BCUT2D eigenvalue weighted by atomic mass is 10.0. The molecule has 0 N–H and O–H groups in total. The van der Waals surface area contributed by atoms with Gasteiger partial charge in [-0.1, -0.05) is 37.3 Å². The van der Waals surface area contributed by atoms with Gasteiger partial charge in [0.25, 0.3) is 0 Å². The Morgan fingerprint density at radius 3 is 2.19 bits per heavy atom. The van der Waals surface area contributed by atoms with E-state index in [9.17, 15) is 13.2 Å². The third-order valence-corrected chi connectivity index (χ3v) is 5.10. The van der Waals surface area contributed by atoms with Crippen LogP contribution in [-0.4, -0.2) is 6.61 Å². The van der Waals surface area contributed by atoms with E-state index in [-0.39, 0.29) is 10.5 Å². The molecule has 0 fully saturated rings. The Morgan fingerprint density at radius 2 is 1.58 bits per heavy atom. The first kappa shape index (κ1) is 22.3. The monoisotopic (exact) mass is 437 g/mol. The molecule has 3 rings (SSSR count). The maximum absolute atomic E-state index is 14.2. The topological polar surface area (TPSA) is 33.0 Å². The standard InChI is InChI=1S/C25H18F3NOS/c1-2-3-12-30-21-11-10-19(22(26)15-21)9-6-17-4-7-18(8-5-17)20-13-23(27)25(31-16-29)24(28)14-20/h4-5,7-8,10-11,13-15H,2-3,12H2,1H3. The van der Waals surface area contributed by atoms with Gasteiger partial charge in [-0.2, -0.15) is 5.26 Å². The van der Waals surface area contributed by atoms with Crippen molar-refractivity contribution in [1.82, 2.24) is 0 Å². The van der Waals surface area contributed by atoms with Gasteiger partial charge in [-0.15, -0.1) is 0 Å². The number of thioether (sulfide) groups is 1. The van der Waals surface area contributed by atoms with Crippen molar-refractivity contribution in [3.05, 3.63) is 83.2 Å². The van der Waals surface area contributed by atoms with Crippen LogP contribution in [0, 0.1) is 40.0 Å². The Bertz CT molecular complexity index is 1150. The second-order valence-corrected chi connectivity index (χ2v) is 7.43. The smallest absolute Gasteiger partial charge is 0.142 e. The average Bonchev–Trinajstić information content (AvgIpc) is 2.76. The number of nitriles is 1. The SMILES string of the molecule is CCCCOc1ccc(C#Cc2ccc(-c3cc(F)c(SC#N)c(F)c3)cc2)c(F)c1. The number of benzene rings is 3. The number of ether oxygens (including phenoxy) is 1. The summed E-state index contributed by atoms with van der Waals surface area (Å²) in [6, 6.07) is 13.7. The molecular formula is C25H18F3NOS. The van der Waals surface area contributed by atoms with Gasteiger partial charge < -0.3 is 4.74 Å². The maximum Gasteiger partial charge on any atom is 0.142 e. The molecule has 0 aliphatic carbocycles. The van der Waals surface area contributed by atoms with Crippen LogP contribution >= 0.6 is 11.8 Å². The summed E-state index contributed by atoms with van der Waals surface area (Å²) >= 11 is 0.445. The lowest BCUT2D eigenvalue weighted by Gasteiger charge is -2.06. The molecule has 0 spiro atoms. The van der Waals surface area contributed by atoms with Gasteiger partial charge in [0, 0.05) is 11.6 Å². The summed E-state index contributed by atoms with van der Waals surface area (Å²) in [4.78, 5) is -0.322. The highest BCUT2D eigenvalue weighted by molar-refractivity contribution is 8.03. The summed E-state index contributed by atoms with van der Waals surface area (Å²) in [5.41, 5.74) is 1.82. The number of hydrogen-bond donors (Lipinski definition) is 0. The van der Waals surface area contributed by atoms with Crippen LogP contribution in [-0.2, 0) is 0 Å². The van der Waals surface area contributed by atoms with Crippen LogP contribution in [0.1, 0.15) is 30.9 Å². The minimum absolute atomic E-state index is 0.252. The van der Waals surface area contributed by atoms with E-state index in [1.165, 1.54) is 18.2 Å². The molecule has 0 amide bonds. The van der Waals surface area contributed by atoms with E-state index in [4.69, 9.17) is 10.00 Å². The summed E-state index contributed by atoms with van der Waals surface area (Å²) in [5, 5.41) is 10.3. The molecule has 0 saturated heterocycles. The lowest BCUT2D eigenvalue weighted by molar-refractivity contribution is 0.308. The van der Waals surface area contributed by atoms with Gasteiger partial charge in [-0.25, -0.2) is 13.2 Å². The summed E-state index contributed by atoms with van der Waals surface area (Å²) in [5.74, 6) is 4.11. The van der Waals surface area contributed by atoms with Gasteiger partial charge in [-0.05, 0) is 65.7 Å². The number of hydrogen-bond acceptors (Lipinski definition) is 3. The van der Waals surface area contributed by atoms with E-state index in [2.05, 4.69) is 18.8 Å². The quantitative estimate of drug-likeness (QED) is 0.182. The van der Waals surface area contributed by atoms with Gasteiger partial charge in [0.15, 0.2) is 0 Å². The molecule has 0 aromatic heterocycles. The van der Waals surface area contributed by atoms with Crippen molar-refractivity contribution in [2.75, 3.05) is 6.61 Å². The number of thiocyanates is 1. The molecule has 3 aromatic rings. The molecule has 0 saturated carbocycles. The van der Waals surface area contributed by atoms with Gasteiger partial charge in [0.1, 0.15) is 28.6 Å². The predicted octanol–water partition coefficient (Wildman–Crippen LogP) is 6.92. The van der Waals surface area contributed by atoms with E-state index >= 15 is 0 Å². The Balaban J connectivity index is 1.75. The second-order valence-electron chi connectivity index (χ2n) is 6.63. The first-order valence-electron chi connectivity index (χ1n) is 9.61. The van der Waals surface area contributed by atoms with Crippen LogP contribution in [0.15, 0.2) is 59.5 Å². The first-order chi connectivity index (χ1) is 15.0. The number of rotatable bonds is 6. The first-order valence-corrected chi connectivity index (χ1v) is 10.4. The molecule has 0 aliphatic heterocycles. The molecule has 0 heterocycles. The fourth-order valence-corrected chi connectivity index (χ4v) is 3.18. The summed E-state index contributed by atoms with van der Waals surface area (Å²) < 4.78 is 47.8. The van der Waals surface area contributed by atoms with Gasteiger partial charge in [0.05, 0.1) is 17.1 Å². The number of nitrogens with zero attached hydrogens (tertiary/aromatic N) is 1. The molecule has 156 valence electrons. The molecule has 6 heteroatoms. The van der Waals surface area contributed by atoms with Crippen molar-refractivity contribution in [2.24, 2.45) is 0 Å². The van der Waals surface area contributed by atoms with Crippen LogP contribution in [0.5, 0.6) is 5.75 Å². The fraction of sp³-hybridized carbons (Fsp3) is 0.160. The van der Waals surface area contributed by atoms with Crippen molar-refractivity contribution in [3.8, 4) is 34.1 Å². The largest absolute Gasteiger partial charge is 0.493 e. The minimum atomic E-state index is -0.789. The van der Waals surface area contributed by atoms with Crippen LogP contribution in [0.25, 0.3) is 11.1 Å². The molecule has 2 nitrogen and oxygen atoms in total. The predicted molar refractivity (Wildman–Crippen MR) is 116 cm³/mol. The van der Waals surface area contributed by atoms with E-state index in [0.717, 1.165) is 12.8 Å². The van der Waals surface area contributed by atoms with E-state index in [0.29, 0.717) is 40.8 Å². The maximum atomic E-state index is 14.2. The van der Waals surface area contributed by atoms with Gasteiger partial charge in [0.2, 0.25) is 0 Å².